The van der Waals surface area contributed by atoms with E-state index in [4.69, 9.17) is 0 Å². The lowest BCUT2D eigenvalue weighted by molar-refractivity contribution is 0.0691. The smallest absolute Gasteiger partial charge is 0.254 e. The molecule has 0 fully saturated rings. The van der Waals surface area contributed by atoms with Gasteiger partial charge in [-0.2, -0.15) is 0 Å². The molecule has 1 atom stereocenters. The molecule has 4 aromatic rings. The highest BCUT2D eigenvalue weighted by atomic mass is 19.1. The number of hydrogen-bond acceptors (Lipinski definition) is 2. The molecule has 1 aliphatic rings. The summed E-state index contributed by atoms with van der Waals surface area (Å²) >= 11 is 0. The fourth-order valence-corrected chi connectivity index (χ4v) is 4.10. The fourth-order valence-electron chi connectivity index (χ4n) is 4.10. The van der Waals surface area contributed by atoms with E-state index in [1.807, 2.05) is 29.2 Å². The third-order valence-electron chi connectivity index (χ3n) is 5.39. The van der Waals surface area contributed by atoms with Crippen LogP contribution in [0.2, 0.25) is 0 Å². The quantitative estimate of drug-likeness (QED) is 0.564. The number of nitrogens with one attached hydrogen (secondary N) is 1. The van der Waals surface area contributed by atoms with E-state index in [1.165, 1.54) is 23.1 Å². The first-order valence-electron chi connectivity index (χ1n) is 9.28. The van der Waals surface area contributed by atoms with Crippen molar-refractivity contribution >= 4 is 16.8 Å². The highest BCUT2D eigenvalue weighted by molar-refractivity contribution is 5.95. The highest BCUT2D eigenvalue weighted by Gasteiger charge is 2.35. The van der Waals surface area contributed by atoms with Crippen molar-refractivity contribution in [2.45, 2.75) is 12.5 Å². The zero-order valence-electron chi connectivity index (χ0n) is 15.1. The zero-order chi connectivity index (χ0) is 19.1. The summed E-state index contributed by atoms with van der Waals surface area (Å²) in [6.45, 7) is 0.588. The van der Waals surface area contributed by atoms with Crippen LogP contribution in [-0.4, -0.2) is 27.3 Å². The molecule has 0 unspecified atom stereocenters. The molecule has 1 aliphatic heterocycles. The van der Waals surface area contributed by atoms with Gasteiger partial charge in [-0.3, -0.25) is 9.78 Å². The van der Waals surface area contributed by atoms with Crippen LogP contribution in [-0.2, 0) is 6.42 Å². The van der Waals surface area contributed by atoms with Crippen LogP contribution >= 0.6 is 0 Å². The average molecular weight is 371 g/mol. The number of H-pyrrole nitrogens is 1. The van der Waals surface area contributed by atoms with E-state index in [0.29, 0.717) is 12.1 Å². The number of aromatic amines is 1. The number of benzene rings is 2. The molecule has 0 aliphatic carbocycles. The number of carbonyl (C=O) groups is 1. The maximum atomic E-state index is 13.3. The molecule has 1 amide bonds. The number of hydrogen-bond donors (Lipinski definition) is 1. The van der Waals surface area contributed by atoms with Crippen molar-refractivity contribution in [3.63, 3.8) is 0 Å². The minimum atomic E-state index is -0.350. The van der Waals surface area contributed by atoms with E-state index < -0.39 is 0 Å². The predicted molar refractivity (Wildman–Crippen MR) is 106 cm³/mol. The Hall–Kier alpha value is -3.47. The average Bonchev–Trinajstić information content (AvgIpc) is 3.12. The standard InChI is InChI=1S/C23H18FN3O/c24-17-9-7-15(8-10-17)23(28)27-13-11-19-18-5-1-2-6-20(18)26-21(19)22(27)16-4-3-12-25-14-16/h1-10,12,14,22,26H,11,13H2/t22-/m1/s1. The van der Waals surface area contributed by atoms with Gasteiger partial charge in [0, 0.05) is 41.1 Å². The molecule has 5 heteroatoms. The summed E-state index contributed by atoms with van der Waals surface area (Å²) in [5.74, 6) is -0.463. The van der Waals surface area contributed by atoms with Crippen LogP contribution in [0.1, 0.15) is 33.2 Å². The van der Waals surface area contributed by atoms with E-state index in [1.54, 1.807) is 24.5 Å². The molecule has 5 rings (SSSR count). The molecule has 1 N–H and O–H groups in total. The van der Waals surface area contributed by atoms with Crippen molar-refractivity contribution in [1.82, 2.24) is 14.9 Å². The van der Waals surface area contributed by atoms with Gasteiger partial charge >= 0.3 is 0 Å². The van der Waals surface area contributed by atoms with Crippen LogP contribution < -0.4 is 0 Å². The van der Waals surface area contributed by atoms with E-state index in [9.17, 15) is 9.18 Å². The predicted octanol–water partition coefficient (Wildman–Crippen LogP) is 4.49. The van der Waals surface area contributed by atoms with Crippen LogP contribution in [0.3, 0.4) is 0 Å². The third kappa shape index (κ3) is 2.67. The summed E-state index contributed by atoms with van der Waals surface area (Å²) in [4.78, 5) is 22.9. The van der Waals surface area contributed by atoms with Gasteiger partial charge in [-0.05, 0) is 53.9 Å². The van der Waals surface area contributed by atoms with E-state index in [-0.39, 0.29) is 17.8 Å². The number of carbonyl (C=O) groups excluding carboxylic acids is 1. The first kappa shape index (κ1) is 16.7. The number of pyridine rings is 1. The summed E-state index contributed by atoms with van der Waals surface area (Å²) in [5.41, 5.74) is 4.77. The summed E-state index contributed by atoms with van der Waals surface area (Å²) in [7, 11) is 0. The Labute approximate surface area is 161 Å². The molecule has 4 nitrogen and oxygen atoms in total. The van der Waals surface area contributed by atoms with Crippen molar-refractivity contribution in [3.05, 3.63) is 101 Å². The highest BCUT2D eigenvalue weighted by Crippen LogP contribution is 2.38. The minimum absolute atomic E-state index is 0.113. The molecular weight excluding hydrogens is 353 g/mol. The van der Waals surface area contributed by atoms with E-state index in [2.05, 4.69) is 22.1 Å². The van der Waals surface area contributed by atoms with Crippen molar-refractivity contribution < 1.29 is 9.18 Å². The van der Waals surface area contributed by atoms with Gasteiger partial charge in [-0.15, -0.1) is 0 Å². The monoisotopic (exact) mass is 371 g/mol. The number of halogens is 1. The summed E-state index contributed by atoms with van der Waals surface area (Å²) in [6, 6.07) is 17.5. The van der Waals surface area contributed by atoms with Gasteiger partial charge in [0.05, 0.1) is 6.04 Å². The van der Waals surface area contributed by atoms with E-state index in [0.717, 1.165) is 23.2 Å². The van der Waals surface area contributed by atoms with Crippen LogP contribution in [0.4, 0.5) is 4.39 Å². The zero-order valence-corrected chi connectivity index (χ0v) is 15.1. The second kappa shape index (κ2) is 6.60. The largest absolute Gasteiger partial charge is 0.356 e. The maximum Gasteiger partial charge on any atom is 0.254 e. The molecule has 0 saturated heterocycles. The normalized spacial score (nSPS) is 16.2. The van der Waals surface area contributed by atoms with Gasteiger partial charge in [0.2, 0.25) is 0 Å². The SMILES string of the molecule is O=C(c1ccc(F)cc1)N1CCc2c([nH]c3ccccc23)[C@H]1c1cccnc1. The van der Waals surface area contributed by atoms with Gasteiger partial charge in [-0.25, -0.2) is 4.39 Å². The van der Waals surface area contributed by atoms with Gasteiger partial charge in [-0.1, -0.05) is 24.3 Å². The van der Waals surface area contributed by atoms with Crippen molar-refractivity contribution in [2.75, 3.05) is 6.54 Å². The van der Waals surface area contributed by atoms with Crippen LogP contribution in [0.15, 0.2) is 73.1 Å². The first-order valence-corrected chi connectivity index (χ1v) is 9.28. The van der Waals surface area contributed by atoms with Crippen LogP contribution in [0.25, 0.3) is 10.9 Å². The van der Waals surface area contributed by atoms with Crippen molar-refractivity contribution in [1.29, 1.82) is 0 Å². The van der Waals surface area contributed by atoms with Crippen LogP contribution in [0.5, 0.6) is 0 Å². The van der Waals surface area contributed by atoms with Gasteiger partial charge in [0.25, 0.3) is 5.91 Å². The summed E-state index contributed by atoms with van der Waals surface area (Å²) < 4.78 is 13.3. The van der Waals surface area contributed by atoms with Crippen LogP contribution in [0, 0.1) is 5.82 Å². The lowest BCUT2D eigenvalue weighted by Crippen LogP contribution is -2.40. The number of nitrogens with zero attached hydrogens (tertiary/aromatic N) is 2. The van der Waals surface area contributed by atoms with Gasteiger partial charge < -0.3 is 9.88 Å². The minimum Gasteiger partial charge on any atom is -0.356 e. The van der Waals surface area contributed by atoms with Crippen molar-refractivity contribution in [3.8, 4) is 0 Å². The molecule has 3 heterocycles. The van der Waals surface area contributed by atoms with Gasteiger partial charge in [0.15, 0.2) is 0 Å². The number of aromatic nitrogens is 2. The molecule has 2 aromatic carbocycles. The molecule has 28 heavy (non-hydrogen) atoms. The Morgan fingerprint density at radius 3 is 2.68 bits per heavy atom. The Balaban J connectivity index is 1.65. The van der Waals surface area contributed by atoms with E-state index >= 15 is 0 Å². The molecular formula is C23H18FN3O. The molecule has 0 saturated carbocycles. The topological polar surface area (TPSA) is 49.0 Å². The van der Waals surface area contributed by atoms with Gasteiger partial charge in [0.1, 0.15) is 5.82 Å². The maximum absolute atomic E-state index is 13.3. The summed E-state index contributed by atoms with van der Waals surface area (Å²) in [5, 5.41) is 1.19. The Bertz CT molecular complexity index is 1150. The van der Waals surface area contributed by atoms with Crippen molar-refractivity contribution in [2.24, 2.45) is 0 Å². The fraction of sp³-hybridized carbons (Fsp3) is 0.130. The Kier molecular flexibility index (Phi) is 3.93. The summed E-state index contributed by atoms with van der Waals surface area (Å²) in [6.07, 6.45) is 4.30. The Morgan fingerprint density at radius 2 is 1.89 bits per heavy atom. The Morgan fingerprint density at radius 1 is 1.07 bits per heavy atom. The number of para-hydroxylation sites is 1. The second-order valence-electron chi connectivity index (χ2n) is 7.01. The molecule has 0 bridgehead atoms. The molecule has 0 radical (unpaired) electrons. The number of fused-ring (bicyclic) bond motifs is 3. The lowest BCUT2D eigenvalue weighted by atomic mass is 9.92. The number of amides is 1. The molecule has 138 valence electrons. The second-order valence-corrected chi connectivity index (χ2v) is 7.01. The third-order valence-corrected chi connectivity index (χ3v) is 5.39. The first-order chi connectivity index (χ1) is 13.7. The molecule has 2 aromatic heterocycles. The lowest BCUT2D eigenvalue weighted by Gasteiger charge is -2.36. The number of rotatable bonds is 2. The molecule has 0 spiro atoms.